The normalized spacial score (nSPS) is 12.2. The van der Waals surface area contributed by atoms with Gasteiger partial charge in [0, 0.05) is 6.07 Å². The molecular formula is C16H20INO2S. The van der Waals surface area contributed by atoms with Gasteiger partial charge >= 0.3 is 0 Å². The molecule has 0 aliphatic carbocycles. The molecule has 0 radical (unpaired) electrons. The molecule has 1 N–H and O–H groups in total. The summed E-state index contributed by atoms with van der Waals surface area (Å²) in [6.07, 6.45) is 1.10. The van der Waals surface area contributed by atoms with Gasteiger partial charge in [-0.3, -0.25) is 0 Å². The number of benzene rings is 1. The van der Waals surface area contributed by atoms with Crippen LogP contribution in [-0.2, 0) is 0 Å². The smallest absolute Gasteiger partial charge is 0.122 e. The fraction of sp³-hybridized carbons (Fsp3) is 0.375. The molecule has 21 heavy (non-hydrogen) atoms. The van der Waals surface area contributed by atoms with Crippen molar-refractivity contribution in [2.45, 2.75) is 19.4 Å². The molecule has 3 nitrogen and oxygen atoms in total. The van der Waals surface area contributed by atoms with Crippen LogP contribution in [0.25, 0.3) is 0 Å². The highest BCUT2D eigenvalue weighted by molar-refractivity contribution is 14.1. The predicted molar refractivity (Wildman–Crippen MR) is 96.7 cm³/mol. The molecule has 0 spiro atoms. The van der Waals surface area contributed by atoms with Gasteiger partial charge in [-0.15, -0.1) is 11.3 Å². The molecule has 0 amide bonds. The summed E-state index contributed by atoms with van der Waals surface area (Å²) >= 11 is 4.13. The third-order valence-electron chi connectivity index (χ3n) is 3.23. The third kappa shape index (κ3) is 4.34. The lowest BCUT2D eigenvalue weighted by Crippen LogP contribution is -2.22. The van der Waals surface area contributed by atoms with Crippen molar-refractivity contribution in [2.75, 3.05) is 20.8 Å². The van der Waals surface area contributed by atoms with E-state index in [1.54, 1.807) is 25.6 Å². The molecule has 1 heterocycles. The van der Waals surface area contributed by atoms with E-state index in [9.17, 15) is 0 Å². The summed E-state index contributed by atoms with van der Waals surface area (Å²) in [7, 11) is 3.36. The van der Waals surface area contributed by atoms with Gasteiger partial charge in [0.05, 0.1) is 23.1 Å². The van der Waals surface area contributed by atoms with Crippen LogP contribution in [-0.4, -0.2) is 20.8 Å². The first-order chi connectivity index (χ1) is 10.2. The summed E-state index contributed by atoms with van der Waals surface area (Å²) in [6, 6.07) is 8.43. The molecule has 114 valence electrons. The van der Waals surface area contributed by atoms with Gasteiger partial charge in [-0.1, -0.05) is 6.92 Å². The molecule has 0 aliphatic heterocycles. The molecule has 2 aromatic rings. The molecule has 0 fully saturated rings. The maximum absolute atomic E-state index is 5.39. The van der Waals surface area contributed by atoms with Gasteiger partial charge in [-0.25, -0.2) is 0 Å². The average molecular weight is 417 g/mol. The van der Waals surface area contributed by atoms with Crippen LogP contribution in [0.15, 0.2) is 29.6 Å². The summed E-state index contributed by atoms with van der Waals surface area (Å²) in [5.74, 6) is 1.63. The van der Waals surface area contributed by atoms with E-state index in [1.165, 1.54) is 8.45 Å². The second-order valence-corrected chi connectivity index (χ2v) is 7.52. The Morgan fingerprint density at radius 2 is 1.76 bits per heavy atom. The number of methoxy groups -OCH3 is 2. The zero-order chi connectivity index (χ0) is 15.2. The fourth-order valence-corrected chi connectivity index (χ4v) is 3.59. The van der Waals surface area contributed by atoms with Gasteiger partial charge in [0.2, 0.25) is 0 Å². The zero-order valence-electron chi connectivity index (χ0n) is 12.5. The summed E-state index contributed by atoms with van der Waals surface area (Å²) in [5.41, 5.74) is 2.45. The van der Waals surface area contributed by atoms with E-state index in [0.29, 0.717) is 0 Å². The number of rotatable bonds is 7. The minimum atomic E-state index is 0.161. The summed E-state index contributed by atoms with van der Waals surface area (Å²) in [6.45, 7) is 3.14. The maximum atomic E-state index is 5.39. The standard InChI is InChI=1S/C16H20INO2S/c1-4-5-18-16(12-8-15(17)21-10-12)11-6-13(19-2)9-14(7-11)20-3/h6-10,16,18H,4-5H2,1-3H3. The van der Waals surface area contributed by atoms with Crippen LogP contribution < -0.4 is 14.8 Å². The second-order valence-electron chi connectivity index (χ2n) is 4.72. The molecule has 0 aliphatic rings. The van der Waals surface area contributed by atoms with E-state index in [1.807, 2.05) is 6.07 Å². The molecule has 2 rings (SSSR count). The fourth-order valence-electron chi connectivity index (χ4n) is 2.19. The van der Waals surface area contributed by atoms with E-state index in [-0.39, 0.29) is 6.04 Å². The van der Waals surface area contributed by atoms with Crippen molar-refractivity contribution in [1.29, 1.82) is 0 Å². The molecular weight excluding hydrogens is 397 g/mol. The molecule has 5 heteroatoms. The number of thiophene rings is 1. The first kappa shape index (κ1) is 16.6. The van der Waals surface area contributed by atoms with Crippen molar-refractivity contribution in [3.8, 4) is 11.5 Å². The monoisotopic (exact) mass is 417 g/mol. The molecule has 1 atom stereocenters. The number of nitrogens with one attached hydrogen (secondary N) is 1. The summed E-state index contributed by atoms with van der Waals surface area (Å²) in [5, 5.41) is 5.82. The zero-order valence-corrected chi connectivity index (χ0v) is 15.5. The number of hydrogen-bond donors (Lipinski definition) is 1. The van der Waals surface area contributed by atoms with Crippen molar-refractivity contribution in [2.24, 2.45) is 0 Å². The lowest BCUT2D eigenvalue weighted by atomic mass is 10.0. The minimum Gasteiger partial charge on any atom is -0.497 e. The van der Waals surface area contributed by atoms with Crippen LogP contribution in [0.3, 0.4) is 0 Å². The van der Waals surface area contributed by atoms with E-state index in [4.69, 9.17) is 9.47 Å². The Balaban J connectivity index is 2.40. The quantitative estimate of drug-likeness (QED) is 0.675. The van der Waals surface area contributed by atoms with Crippen molar-refractivity contribution >= 4 is 33.9 Å². The Morgan fingerprint density at radius 1 is 1.10 bits per heavy atom. The van der Waals surface area contributed by atoms with Gasteiger partial charge in [-0.2, -0.15) is 0 Å². The first-order valence-electron chi connectivity index (χ1n) is 6.88. The second kappa shape index (κ2) is 8.00. The highest BCUT2D eigenvalue weighted by atomic mass is 127. The van der Waals surface area contributed by atoms with Crippen molar-refractivity contribution < 1.29 is 9.47 Å². The third-order valence-corrected chi connectivity index (χ3v) is 5.03. The minimum absolute atomic E-state index is 0.161. The molecule has 0 saturated heterocycles. The van der Waals surface area contributed by atoms with Crippen LogP contribution >= 0.6 is 33.9 Å². The van der Waals surface area contributed by atoms with Gasteiger partial charge in [0.25, 0.3) is 0 Å². The van der Waals surface area contributed by atoms with E-state index in [0.717, 1.165) is 30.0 Å². The Kier molecular flexibility index (Phi) is 6.32. The van der Waals surface area contributed by atoms with E-state index < -0.39 is 0 Å². The van der Waals surface area contributed by atoms with Crippen LogP contribution in [0.2, 0.25) is 0 Å². The Hall–Kier alpha value is -0.790. The Morgan fingerprint density at radius 3 is 2.24 bits per heavy atom. The molecule has 0 bridgehead atoms. The van der Waals surface area contributed by atoms with E-state index >= 15 is 0 Å². The highest BCUT2D eigenvalue weighted by Gasteiger charge is 2.17. The van der Waals surface area contributed by atoms with E-state index in [2.05, 4.69) is 58.4 Å². The molecule has 1 aromatic heterocycles. The largest absolute Gasteiger partial charge is 0.497 e. The van der Waals surface area contributed by atoms with Crippen LogP contribution in [0.1, 0.15) is 30.5 Å². The topological polar surface area (TPSA) is 30.5 Å². The highest BCUT2D eigenvalue weighted by Crippen LogP contribution is 2.32. The van der Waals surface area contributed by atoms with Gasteiger partial charge in [-0.05, 0) is 70.3 Å². The van der Waals surface area contributed by atoms with Gasteiger partial charge in [0.1, 0.15) is 11.5 Å². The van der Waals surface area contributed by atoms with Crippen molar-refractivity contribution in [3.05, 3.63) is 43.7 Å². The van der Waals surface area contributed by atoms with Gasteiger partial charge < -0.3 is 14.8 Å². The first-order valence-corrected chi connectivity index (χ1v) is 8.84. The average Bonchev–Trinajstić information content (AvgIpc) is 2.93. The molecule has 1 unspecified atom stereocenters. The van der Waals surface area contributed by atoms with Crippen LogP contribution in [0.5, 0.6) is 11.5 Å². The maximum Gasteiger partial charge on any atom is 0.122 e. The molecule has 0 saturated carbocycles. The van der Waals surface area contributed by atoms with Crippen LogP contribution in [0, 0.1) is 2.88 Å². The lowest BCUT2D eigenvalue weighted by Gasteiger charge is -2.19. The summed E-state index contributed by atoms with van der Waals surface area (Å²) < 4.78 is 12.1. The van der Waals surface area contributed by atoms with Crippen molar-refractivity contribution in [3.63, 3.8) is 0 Å². The van der Waals surface area contributed by atoms with Gasteiger partial charge in [0.15, 0.2) is 0 Å². The number of hydrogen-bond acceptors (Lipinski definition) is 4. The van der Waals surface area contributed by atoms with Crippen molar-refractivity contribution in [1.82, 2.24) is 5.32 Å². The predicted octanol–water partition coefficient (Wildman–Crippen LogP) is 4.46. The number of halogens is 1. The summed E-state index contributed by atoms with van der Waals surface area (Å²) in [4.78, 5) is 0. The lowest BCUT2D eigenvalue weighted by molar-refractivity contribution is 0.392. The SMILES string of the molecule is CCCNC(c1cc(OC)cc(OC)c1)c1csc(I)c1. The molecule has 1 aromatic carbocycles. The Labute approximate surface area is 143 Å². The van der Waals surface area contributed by atoms with Crippen LogP contribution in [0.4, 0.5) is 0 Å². The Bertz CT molecular complexity index is 563. The number of ether oxygens (including phenoxy) is 2.